The van der Waals surface area contributed by atoms with Gasteiger partial charge in [-0.25, -0.2) is 4.79 Å². The predicted molar refractivity (Wildman–Crippen MR) is 85.1 cm³/mol. The Morgan fingerprint density at radius 1 is 1.26 bits per heavy atom. The highest BCUT2D eigenvalue weighted by molar-refractivity contribution is 6.30. The Morgan fingerprint density at radius 3 is 2.70 bits per heavy atom. The molecule has 0 heterocycles. The van der Waals surface area contributed by atoms with Gasteiger partial charge < -0.3 is 9.47 Å². The largest absolute Gasteiger partial charge is 0.486 e. The van der Waals surface area contributed by atoms with Crippen molar-refractivity contribution in [3.63, 3.8) is 0 Å². The van der Waals surface area contributed by atoms with Crippen LogP contribution in [0.1, 0.15) is 15.9 Å². The van der Waals surface area contributed by atoms with Crippen molar-refractivity contribution in [2.24, 2.45) is 0 Å². The summed E-state index contributed by atoms with van der Waals surface area (Å²) < 4.78 is 10.2. The fraction of sp³-hybridized carbons (Fsp3) is 0.188. The maximum absolute atomic E-state index is 11.7. The van der Waals surface area contributed by atoms with Crippen molar-refractivity contribution in [2.75, 3.05) is 13.7 Å². The molecule has 0 fully saturated rings. The first-order valence-electron chi connectivity index (χ1n) is 6.76. The third-order valence-corrected chi connectivity index (χ3v) is 3.40. The number of methoxy groups -OCH3 is 1. The quantitative estimate of drug-likeness (QED) is 0.457. The van der Waals surface area contributed by atoms with Crippen LogP contribution in [0.4, 0.5) is 5.69 Å². The summed E-state index contributed by atoms with van der Waals surface area (Å²) in [5.74, 6) is -0.298. The highest BCUT2D eigenvalue weighted by Crippen LogP contribution is 2.30. The molecule has 23 heavy (non-hydrogen) atoms. The third kappa shape index (κ3) is 4.20. The van der Waals surface area contributed by atoms with E-state index >= 15 is 0 Å². The molecule has 7 heteroatoms. The summed E-state index contributed by atoms with van der Waals surface area (Å²) in [6.45, 7) is 0.177. The summed E-state index contributed by atoms with van der Waals surface area (Å²) in [5.41, 5.74) is 0.999. The van der Waals surface area contributed by atoms with Gasteiger partial charge in [0, 0.05) is 17.5 Å². The average Bonchev–Trinajstić information content (AvgIpc) is 2.55. The van der Waals surface area contributed by atoms with E-state index in [2.05, 4.69) is 0 Å². The molecule has 2 aromatic rings. The topological polar surface area (TPSA) is 78.7 Å². The molecule has 0 bridgehead atoms. The first-order valence-corrected chi connectivity index (χ1v) is 7.13. The SMILES string of the molecule is COC(=O)c1ccccc1CCOc1ccc(Cl)cc1[N+](=O)[O-]. The van der Waals surface area contributed by atoms with E-state index in [4.69, 9.17) is 21.1 Å². The number of esters is 1. The number of carbonyl (C=O) groups excluding carboxylic acids is 1. The molecule has 6 nitrogen and oxygen atoms in total. The average molecular weight is 336 g/mol. The molecular formula is C16H14ClNO5. The van der Waals surface area contributed by atoms with E-state index in [1.54, 1.807) is 24.3 Å². The lowest BCUT2D eigenvalue weighted by Gasteiger charge is -2.09. The van der Waals surface area contributed by atoms with Crippen molar-refractivity contribution >= 4 is 23.3 Å². The van der Waals surface area contributed by atoms with Gasteiger partial charge in [0.15, 0.2) is 5.75 Å². The second-order valence-corrected chi connectivity index (χ2v) is 5.05. The van der Waals surface area contributed by atoms with E-state index in [1.165, 1.54) is 25.3 Å². The number of carbonyl (C=O) groups is 1. The van der Waals surface area contributed by atoms with Gasteiger partial charge >= 0.3 is 11.7 Å². The van der Waals surface area contributed by atoms with Gasteiger partial charge in [0.25, 0.3) is 0 Å². The molecule has 120 valence electrons. The van der Waals surface area contributed by atoms with Crippen molar-refractivity contribution < 1.29 is 19.2 Å². The van der Waals surface area contributed by atoms with E-state index in [-0.39, 0.29) is 23.1 Å². The summed E-state index contributed by atoms with van der Waals surface area (Å²) in [4.78, 5) is 22.1. The molecule has 0 unspecified atom stereocenters. The lowest BCUT2D eigenvalue weighted by atomic mass is 10.1. The number of nitro benzene ring substituents is 1. The van der Waals surface area contributed by atoms with E-state index in [0.717, 1.165) is 5.56 Å². The maximum Gasteiger partial charge on any atom is 0.338 e. The molecule has 0 spiro atoms. The summed E-state index contributed by atoms with van der Waals surface area (Å²) in [7, 11) is 1.31. The molecule has 0 aliphatic carbocycles. The number of nitro groups is 1. The van der Waals surface area contributed by atoms with Gasteiger partial charge in [-0.3, -0.25) is 10.1 Å². The van der Waals surface area contributed by atoms with Gasteiger partial charge in [-0.05, 0) is 23.8 Å². The van der Waals surface area contributed by atoms with Crippen LogP contribution in [-0.2, 0) is 11.2 Å². The summed E-state index contributed by atoms with van der Waals surface area (Å²) >= 11 is 5.75. The Labute approximate surface area is 137 Å². The molecule has 0 radical (unpaired) electrons. The van der Waals surface area contributed by atoms with Crippen LogP contribution >= 0.6 is 11.6 Å². The van der Waals surface area contributed by atoms with Crippen LogP contribution in [0, 0.1) is 10.1 Å². The first kappa shape index (κ1) is 16.8. The van der Waals surface area contributed by atoms with Crippen LogP contribution in [-0.4, -0.2) is 24.6 Å². The van der Waals surface area contributed by atoms with E-state index in [9.17, 15) is 14.9 Å². The van der Waals surface area contributed by atoms with Crippen LogP contribution < -0.4 is 4.74 Å². The Bertz CT molecular complexity index is 732. The molecule has 0 aliphatic rings. The Morgan fingerprint density at radius 2 is 2.00 bits per heavy atom. The van der Waals surface area contributed by atoms with Gasteiger partial charge in [-0.15, -0.1) is 0 Å². The zero-order valence-electron chi connectivity index (χ0n) is 12.3. The van der Waals surface area contributed by atoms with Crippen LogP contribution in [0.2, 0.25) is 5.02 Å². The molecule has 0 amide bonds. The third-order valence-electron chi connectivity index (χ3n) is 3.17. The van der Waals surface area contributed by atoms with Gasteiger partial charge in [0.2, 0.25) is 0 Å². The second kappa shape index (κ2) is 7.60. The van der Waals surface area contributed by atoms with Crippen LogP contribution in [0.3, 0.4) is 0 Å². The maximum atomic E-state index is 11.7. The van der Waals surface area contributed by atoms with Crippen molar-refractivity contribution in [3.05, 3.63) is 68.7 Å². The molecular weight excluding hydrogens is 322 g/mol. The van der Waals surface area contributed by atoms with Crippen LogP contribution in [0.15, 0.2) is 42.5 Å². The molecule has 0 atom stereocenters. The van der Waals surface area contributed by atoms with Gasteiger partial charge in [0.05, 0.1) is 24.2 Å². The number of rotatable bonds is 6. The highest BCUT2D eigenvalue weighted by atomic mass is 35.5. The van der Waals surface area contributed by atoms with Crippen molar-refractivity contribution in [1.82, 2.24) is 0 Å². The van der Waals surface area contributed by atoms with Crippen LogP contribution in [0.5, 0.6) is 5.75 Å². The fourth-order valence-corrected chi connectivity index (χ4v) is 2.24. The van der Waals surface area contributed by atoms with Crippen molar-refractivity contribution in [2.45, 2.75) is 6.42 Å². The summed E-state index contributed by atoms with van der Waals surface area (Å²) in [5, 5.41) is 11.3. The Balaban J connectivity index is 2.09. The minimum Gasteiger partial charge on any atom is -0.486 e. The highest BCUT2D eigenvalue weighted by Gasteiger charge is 2.16. The smallest absolute Gasteiger partial charge is 0.338 e. The van der Waals surface area contributed by atoms with E-state index in [0.29, 0.717) is 12.0 Å². The van der Waals surface area contributed by atoms with Crippen molar-refractivity contribution in [3.8, 4) is 5.75 Å². The number of benzene rings is 2. The normalized spacial score (nSPS) is 10.2. The predicted octanol–water partition coefficient (Wildman–Crippen LogP) is 3.66. The zero-order chi connectivity index (χ0) is 16.8. The van der Waals surface area contributed by atoms with E-state index in [1.807, 2.05) is 0 Å². The zero-order valence-corrected chi connectivity index (χ0v) is 13.1. The minimum absolute atomic E-state index is 0.134. The number of halogens is 1. The number of hydrogen-bond acceptors (Lipinski definition) is 5. The van der Waals surface area contributed by atoms with Crippen LogP contribution in [0.25, 0.3) is 0 Å². The van der Waals surface area contributed by atoms with Gasteiger partial charge in [0.1, 0.15) is 0 Å². The molecule has 0 aliphatic heterocycles. The van der Waals surface area contributed by atoms with Crippen molar-refractivity contribution in [1.29, 1.82) is 0 Å². The summed E-state index contributed by atoms with van der Waals surface area (Å²) in [6.07, 6.45) is 0.408. The Hall–Kier alpha value is -2.60. The molecule has 2 rings (SSSR count). The molecule has 0 aromatic heterocycles. The fourth-order valence-electron chi connectivity index (χ4n) is 2.07. The van der Waals surface area contributed by atoms with E-state index < -0.39 is 10.9 Å². The number of ether oxygens (including phenoxy) is 2. The van der Waals surface area contributed by atoms with Gasteiger partial charge in [-0.1, -0.05) is 29.8 Å². The van der Waals surface area contributed by atoms with Gasteiger partial charge in [-0.2, -0.15) is 0 Å². The monoisotopic (exact) mass is 335 g/mol. The minimum atomic E-state index is -0.552. The standard InChI is InChI=1S/C16H14ClNO5/c1-22-16(19)13-5-3-2-4-11(13)8-9-23-15-7-6-12(17)10-14(15)18(20)21/h2-7,10H,8-9H2,1H3. The number of hydrogen-bond donors (Lipinski definition) is 0. The second-order valence-electron chi connectivity index (χ2n) is 4.62. The lowest BCUT2D eigenvalue weighted by Crippen LogP contribution is -2.09. The first-order chi connectivity index (χ1) is 11.0. The molecule has 0 saturated carbocycles. The summed E-state index contributed by atoms with van der Waals surface area (Å²) in [6, 6.07) is 11.2. The molecule has 2 aromatic carbocycles. The molecule has 0 saturated heterocycles. The number of nitrogens with zero attached hydrogens (tertiary/aromatic N) is 1. The lowest BCUT2D eigenvalue weighted by molar-refractivity contribution is -0.385. The Kier molecular flexibility index (Phi) is 5.54. The molecule has 0 N–H and O–H groups in total.